The smallest absolute Gasteiger partial charge is 0.347 e. The standard InChI is InChI=1S/C19H40O2Si/c1-10-16-12-13-17(11-2)18(16)22(20-8,21-9)19(6,7)15(5)14(3)4/h14-18H,10-13H2,1-9H3. The van der Waals surface area contributed by atoms with Crippen molar-refractivity contribution < 1.29 is 8.85 Å². The van der Waals surface area contributed by atoms with Crippen LogP contribution in [0.3, 0.4) is 0 Å². The van der Waals surface area contributed by atoms with Gasteiger partial charge in [-0.25, -0.2) is 0 Å². The van der Waals surface area contributed by atoms with Crippen molar-refractivity contribution in [3.8, 4) is 0 Å². The molecule has 22 heavy (non-hydrogen) atoms. The van der Waals surface area contributed by atoms with Crippen molar-refractivity contribution in [2.45, 2.75) is 84.7 Å². The van der Waals surface area contributed by atoms with Gasteiger partial charge in [-0.15, -0.1) is 0 Å². The lowest BCUT2D eigenvalue weighted by molar-refractivity contribution is 0.145. The molecule has 0 aromatic carbocycles. The molecule has 3 atom stereocenters. The fourth-order valence-electron chi connectivity index (χ4n) is 5.17. The minimum absolute atomic E-state index is 0.112. The zero-order valence-corrected chi connectivity index (χ0v) is 17.5. The summed E-state index contributed by atoms with van der Waals surface area (Å²) in [5.41, 5.74) is 0.633. The normalized spacial score (nSPS) is 28.4. The van der Waals surface area contributed by atoms with E-state index >= 15 is 0 Å². The van der Waals surface area contributed by atoms with Crippen LogP contribution in [0.2, 0.25) is 10.6 Å². The van der Waals surface area contributed by atoms with Crippen LogP contribution in [0.1, 0.15) is 74.1 Å². The Bertz CT molecular complexity index is 324. The third-order valence-corrected chi connectivity index (χ3v) is 12.3. The van der Waals surface area contributed by atoms with E-state index in [-0.39, 0.29) is 5.04 Å². The van der Waals surface area contributed by atoms with Crippen molar-refractivity contribution >= 4 is 8.56 Å². The molecule has 0 aromatic rings. The van der Waals surface area contributed by atoms with E-state index in [0.29, 0.717) is 17.4 Å². The Labute approximate surface area is 140 Å². The van der Waals surface area contributed by atoms with Gasteiger partial charge in [0.05, 0.1) is 0 Å². The highest BCUT2D eigenvalue weighted by Gasteiger charge is 2.63. The molecule has 3 heteroatoms. The molecule has 0 amide bonds. The molecular weight excluding hydrogens is 288 g/mol. The molecule has 0 spiro atoms. The van der Waals surface area contributed by atoms with Crippen molar-refractivity contribution in [2.75, 3.05) is 14.2 Å². The van der Waals surface area contributed by atoms with Gasteiger partial charge in [0.1, 0.15) is 0 Å². The maximum Gasteiger partial charge on any atom is 0.347 e. The SMILES string of the molecule is CCC1CCC(CC)C1[Si](OC)(OC)C(C)(C)C(C)C(C)C. The second-order valence-corrected chi connectivity index (χ2v) is 12.4. The second kappa shape index (κ2) is 7.81. The Morgan fingerprint density at radius 1 is 0.955 bits per heavy atom. The molecule has 2 nitrogen and oxygen atoms in total. The van der Waals surface area contributed by atoms with Crippen molar-refractivity contribution in [3.05, 3.63) is 0 Å². The summed E-state index contributed by atoms with van der Waals surface area (Å²) in [5.74, 6) is 2.79. The lowest BCUT2D eigenvalue weighted by Crippen LogP contribution is -2.58. The molecule has 0 bridgehead atoms. The monoisotopic (exact) mass is 328 g/mol. The van der Waals surface area contributed by atoms with Crippen LogP contribution < -0.4 is 0 Å². The topological polar surface area (TPSA) is 18.5 Å². The maximum atomic E-state index is 6.39. The molecular formula is C19H40O2Si. The molecule has 1 saturated carbocycles. The van der Waals surface area contributed by atoms with Crippen LogP contribution in [-0.4, -0.2) is 22.8 Å². The molecule has 1 aliphatic rings. The second-order valence-electron chi connectivity index (χ2n) is 8.27. The highest BCUT2D eigenvalue weighted by Crippen LogP contribution is 2.60. The van der Waals surface area contributed by atoms with E-state index in [0.717, 1.165) is 11.8 Å². The van der Waals surface area contributed by atoms with Crippen molar-refractivity contribution in [1.29, 1.82) is 0 Å². The minimum atomic E-state index is -2.33. The van der Waals surface area contributed by atoms with E-state index < -0.39 is 8.56 Å². The number of hydrogen-bond acceptors (Lipinski definition) is 2. The fraction of sp³-hybridized carbons (Fsp3) is 1.00. The van der Waals surface area contributed by atoms with Gasteiger partial charge in [-0.3, -0.25) is 0 Å². The van der Waals surface area contributed by atoms with Gasteiger partial charge in [0.25, 0.3) is 0 Å². The van der Waals surface area contributed by atoms with E-state index in [1.54, 1.807) is 0 Å². The lowest BCUT2D eigenvalue weighted by atomic mass is 9.86. The van der Waals surface area contributed by atoms with Crippen LogP contribution in [0.15, 0.2) is 0 Å². The summed E-state index contributed by atoms with van der Waals surface area (Å²) in [7, 11) is 1.51. The summed E-state index contributed by atoms with van der Waals surface area (Å²) < 4.78 is 12.8. The summed E-state index contributed by atoms with van der Waals surface area (Å²) in [5, 5.41) is 0.112. The Hall–Kier alpha value is 0.137. The predicted molar refractivity (Wildman–Crippen MR) is 98.4 cm³/mol. The van der Waals surface area contributed by atoms with Crippen LogP contribution in [0, 0.1) is 23.7 Å². The molecule has 0 heterocycles. The van der Waals surface area contributed by atoms with E-state index in [1.165, 1.54) is 25.7 Å². The highest BCUT2D eigenvalue weighted by molar-refractivity contribution is 6.72. The molecule has 0 radical (unpaired) electrons. The van der Waals surface area contributed by atoms with Gasteiger partial charge in [0.15, 0.2) is 0 Å². The summed E-state index contributed by atoms with van der Waals surface area (Å²) in [6, 6.07) is 0. The van der Waals surface area contributed by atoms with E-state index in [4.69, 9.17) is 8.85 Å². The predicted octanol–water partition coefficient (Wildman–Crippen LogP) is 6.01. The fourth-order valence-corrected chi connectivity index (χ4v) is 10.8. The summed E-state index contributed by atoms with van der Waals surface area (Å²) in [6.07, 6.45) is 5.23. The summed E-state index contributed by atoms with van der Waals surface area (Å²) in [6.45, 7) is 16.6. The molecule has 0 N–H and O–H groups in total. The molecule has 1 aliphatic carbocycles. The first-order valence-electron chi connectivity index (χ1n) is 9.33. The minimum Gasteiger partial charge on any atom is -0.397 e. The van der Waals surface area contributed by atoms with Crippen LogP contribution in [0.25, 0.3) is 0 Å². The molecule has 0 aromatic heterocycles. The van der Waals surface area contributed by atoms with Gasteiger partial charge < -0.3 is 8.85 Å². The van der Waals surface area contributed by atoms with E-state index in [9.17, 15) is 0 Å². The summed E-state index contributed by atoms with van der Waals surface area (Å²) >= 11 is 0. The average molecular weight is 329 g/mol. The Kier molecular flexibility index (Phi) is 7.16. The Morgan fingerprint density at radius 2 is 1.36 bits per heavy atom. The largest absolute Gasteiger partial charge is 0.397 e. The number of rotatable bonds is 8. The van der Waals surface area contributed by atoms with E-state index in [1.807, 2.05) is 14.2 Å². The summed E-state index contributed by atoms with van der Waals surface area (Å²) in [4.78, 5) is 0. The van der Waals surface area contributed by atoms with Gasteiger partial charge in [-0.1, -0.05) is 74.1 Å². The maximum absolute atomic E-state index is 6.39. The molecule has 1 rings (SSSR count). The first kappa shape index (κ1) is 20.2. The highest BCUT2D eigenvalue weighted by atomic mass is 28.4. The zero-order valence-electron chi connectivity index (χ0n) is 16.5. The first-order valence-corrected chi connectivity index (χ1v) is 11.2. The van der Waals surface area contributed by atoms with Gasteiger partial charge in [0, 0.05) is 24.8 Å². The third kappa shape index (κ3) is 3.18. The quantitative estimate of drug-likeness (QED) is 0.508. The van der Waals surface area contributed by atoms with Crippen LogP contribution in [-0.2, 0) is 8.85 Å². The van der Waals surface area contributed by atoms with Crippen molar-refractivity contribution in [1.82, 2.24) is 0 Å². The van der Waals surface area contributed by atoms with Crippen molar-refractivity contribution in [3.63, 3.8) is 0 Å². The molecule has 1 fully saturated rings. The van der Waals surface area contributed by atoms with Crippen LogP contribution >= 0.6 is 0 Å². The molecule has 3 unspecified atom stereocenters. The van der Waals surface area contributed by atoms with Gasteiger partial charge in [-0.05, 0) is 23.7 Å². The van der Waals surface area contributed by atoms with Gasteiger partial charge in [-0.2, -0.15) is 0 Å². The first-order chi connectivity index (χ1) is 10.2. The van der Waals surface area contributed by atoms with Crippen LogP contribution in [0.4, 0.5) is 0 Å². The number of hydrogen-bond donors (Lipinski definition) is 0. The van der Waals surface area contributed by atoms with Crippen LogP contribution in [0.5, 0.6) is 0 Å². The van der Waals surface area contributed by atoms with E-state index in [2.05, 4.69) is 48.5 Å². The average Bonchev–Trinajstić information content (AvgIpc) is 2.91. The molecule has 0 aliphatic heterocycles. The molecule has 132 valence electrons. The zero-order chi connectivity index (χ0) is 17.1. The Morgan fingerprint density at radius 3 is 1.64 bits per heavy atom. The van der Waals surface area contributed by atoms with Gasteiger partial charge >= 0.3 is 8.56 Å². The third-order valence-electron chi connectivity index (χ3n) is 7.05. The van der Waals surface area contributed by atoms with Crippen molar-refractivity contribution in [2.24, 2.45) is 23.7 Å². The Balaban J connectivity index is 3.34. The lowest BCUT2D eigenvalue weighted by Gasteiger charge is -2.52. The van der Waals surface area contributed by atoms with Gasteiger partial charge in [0.2, 0.25) is 0 Å². The molecule has 0 saturated heterocycles.